The molecular formula is C18H23N5O3S. The molecular weight excluding hydrogens is 366 g/mol. The van der Waals surface area contributed by atoms with E-state index in [4.69, 9.17) is 0 Å². The van der Waals surface area contributed by atoms with Crippen LogP contribution in [0.5, 0.6) is 0 Å². The van der Waals surface area contributed by atoms with Crippen molar-refractivity contribution in [2.24, 2.45) is 0 Å². The van der Waals surface area contributed by atoms with Gasteiger partial charge in [-0.2, -0.15) is 4.31 Å². The predicted molar refractivity (Wildman–Crippen MR) is 98.4 cm³/mol. The van der Waals surface area contributed by atoms with Crippen LogP contribution in [0.4, 0.5) is 0 Å². The van der Waals surface area contributed by atoms with Crippen molar-refractivity contribution in [1.82, 2.24) is 24.2 Å². The van der Waals surface area contributed by atoms with Gasteiger partial charge in [-0.05, 0) is 31.9 Å². The monoisotopic (exact) mass is 389 g/mol. The van der Waals surface area contributed by atoms with E-state index >= 15 is 0 Å². The van der Waals surface area contributed by atoms with Crippen molar-refractivity contribution < 1.29 is 13.2 Å². The highest BCUT2D eigenvalue weighted by atomic mass is 32.2. The zero-order valence-electron chi connectivity index (χ0n) is 15.5. The molecule has 0 unspecified atom stereocenters. The molecule has 3 heterocycles. The number of carbonyl (C=O) groups excluding carboxylic acids is 1. The Bertz CT molecular complexity index is 979. The Labute approximate surface area is 158 Å². The van der Waals surface area contributed by atoms with Crippen LogP contribution in [-0.4, -0.2) is 58.2 Å². The molecule has 0 radical (unpaired) electrons. The van der Waals surface area contributed by atoms with Crippen LogP contribution in [-0.2, 0) is 21.4 Å². The number of likely N-dealkylation sites (tertiary alicyclic amines) is 1. The van der Waals surface area contributed by atoms with E-state index in [0.717, 1.165) is 29.8 Å². The van der Waals surface area contributed by atoms with Gasteiger partial charge >= 0.3 is 0 Å². The molecule has 8 nitrogen and oxygen atoms in total. The molecule has 0 bridgehead atoms. The number of benzene rings is 1. The normalized spacial score (nSPS) is 18.9. The van der Waals surface area contributed by atoms with Gasteiger partial charge in [0.1, 0.15) is 5.69 Å². The molecule has 0 atom stereocenters. The molecule has 0 N–H and O–H groups in total. The van der Waals surface area contributed by atoms with Gasteiger partial charge in [-0.15, -0.1) is 5.10 Å². The molecule has 2 saturated heterocycles. The topological polar surface area (TPSA) is 88.4 Å². The van der Waals surface area contributed by atoms with E-state index < -0.39 is 10.0 Å². The van der Waals surface area contributed by atoms with E-state index in [1.807, 2.05) is 32.2 Å². The number of aryl methyl sites for hydroxylation is 2. The summed E-state index contributed by atoms with van der Waals surface area (Å²) in [6.07, 6.45) is 3.31. The highest BCUT2D eigenvalue weighted by Gasteiger charge is 2.39. The summed E-state index contributed by atoms with van der Waals surface area (Å²) in [6.45, 7) is 5.75. The molecule has 9 heteroatoms. The quantitative estimate of drug-likeness (QED) is 0.768. The number of nitrogens with zero attached hydrogens (tertiary/aromatic N) is 5. The highest BCUT2D eigenvalue weighted by molar-refractivity contribution is 7.89. The lowest BCUT2D eigenvalue weighted by Gasteiger charge is -2.37. The summed E-state index contributed by atoms with van der Waals surface area (Å²) in [5.74, 6) is 0.152. The summed E-state index contributed by atoms with van der Waals surface area (Å²) in [5, 5.41) is 8.27. The van der Waals surface area contributed by atoms with E-state index in [0.29, 0.717) is 31.0 Å². The first-order valence-corrected chi connectivity index (χ1v) is 10.5. The van der Waals surface area contributed by atoms with Gasteiger partial charge in [0.2, 0.25) is 15.9 Å². The summed E-state index contributed by atoms with van der Waals surface area (Å²) in [7, 11) is -3.49. The highest BCUT2D eigenvalue weighted by Crippen LogP contribution is 2.29. The summed E-state index contributed by atoms with van der Waals surface area (Å²) in [5.41, 5.74) is 2.54. The van der Waals surface area contributed by atoms with Gasteiger partial charge in [-0.25, -0.2) is 13.1 Å². The van der Waals surface area contributed by atoms with Crippen LogP contribution >= 0.6 is 0 Å². The third kappa shape index (κ3) is 3.37. The van der Waals surface area contributed by atoms with Crippen molar-refractivity contribution in [2.75, 3.05) is 19.6 Å². The van der Waals surface area contributed by atoms with Gasteiger partial charge in [0.15, 0.2) is 0 Å². The summed E-state index contributed by atoms with van der Waals surface area (Å²) in [6, 6.07) is 5.35. The molecule has 1 aromatic heterocycles. The maximum Gasteiger partial charge on any atom is 0.243 e. The van der Waals surface area contributed by atoms with Crippen LogP contribution in [0.15, 0.2) is 29.3 Å². The second kappa shape index (κ2) is 6.72. The minimum atomic E-state index is -3.49. The maximum atomic E-state index is 12.8. The summed E-state index contributed by atoms with van der Waals surface area (Å²) < 4.78 is 28.8. The predicted octanol–water partition coefficient (Wildman–Crippen LogP) is 1.26. The molecule has 1 aromatic carbocycles. The van der Waals surface area contributed by atoms with Crippen molar-refractivity contribution in [3.05, 3.63) is 41.2 Å². The van der Waals surface area contributed by atoms with E-state index in [2.05, 4.69) is 10.3 Å². The fourth-order valence-electron chi connectivity index (χ4n) is 3.64. The van der Waals surface area contributed by atoms with Gasteiger partial charge in [-0.1, -0.05) is 22.9 Å². The van der Waals surface area contributed by atoms with Gasteiger partial charge in [0.05, 0.1) is 23.7 Å². The lowest BCUT2D eigenvalue weighted by molar-refractivity contribution is -0.128. The molecule has 27 heavy (non-hydrogen) atoms. The van der Waals surface area contributed by atoms with E-state index in [1.165, 1.54) is 4.31 Å². The number of aromatic nitrogens is 3. The Morgan fingerprint density at radius 2 is 2.00 bits per heavy atom. The third-order valence-electron chi connectivity index (χ3n) is 5.23. The number of rotatable bonds is 5. The lowest BCUT2D eigenvalue weighted by atomic mass is 10.2. The zero-order chi connectivity index (χ0) is 19.2. The van der Waals surface area contributed by atoms with E-state index in [9.17, 15) is 13.2 Å². The Balaban J connectivity index is 1.41. The van der Waals surface area contributed by atoms with Crippen LogP contribution in [0, 0.1) is 13.8 Å². The summed E-state index contributed by atoms with van der Waals surface area (Å²) >= 11 is 0. The van der Waals surface area contributed by atoms with Gasteiger partial charge in [0.25, 0.3) is 0 Å². The molecule has 0 saturated carbocycles. The van der Waals surface area contributed by atoms with Gasteiger partial charge < -0.3 is 4.90 Å². The third-order valence-corrected chi connectivity index (χ3v) is 7.22. The van der Waals surface area contributed by atoms with Crippen LogP contribution in [0.2, 0.25) is 0 Å². The summed E-state index contributed by atoms with van der Waals surface area (Å²) in [4.78, 5) is 13.9. The van der Waals surface area contributed by atoms with Crippen LogP contribution in [0.3, 0.4) is 0 Å². The molecule has 1 amide bonds. The van der Waals surface area contributed by atoms with Gasteiger partial charge in [-0.3, -0.25) is 4.79 Å². The minimum absolute atomic E-state index is 0.0268. The lowest BCUT2D eigenvalue weighted by Crippen LogP contribution is -2.50. The largest absolute Gasteiger partial charge is 0.337 e. The second-order valence-corrected chi connectivity index (χ2v) is 9.26. The average molecular weight is 389 g/mol. The molecule has 2 aliphatic rings. The Kier molecular flexibility index (Phi) is 4.51. The minimum Gasteiger partial charge on any atom is -0.337 e. The second-order valence-electron chi connectivity index (χ2n) is 7.35. The Morgan fingerprint density at radius 1 is 1.22 bits per heavy atom. The van der Waals surface area contributed by atoms with E-state index in [-0.39, 0.29) is 11.9 Å². The average Bonchev–Trinajstić information content (AvgIpc) is 3.15. The molecule has 2 aliphatic heterocycles. The Hall–Kier alpha value is -2.26. The standard InChI is InChI=1S/C18H23N5O3S/c1-13-5-6-17(14(2)8-13)27(25,26)22-11-16(12-22)23-10-15(19-20-23)9-21-7-3-4-18(21)24/h5-6,8,10,16H,3-4,7,9,11-12H2,1-2H3. The molecule has 144 valence electrons. The van der Waals surface area contributed by atoms with Crippen molar-refractivity contribution in [2.45, 2.75) is 44.2 Å². The van der Waals surface area contributed by atoms with Gasteiger partial charge in [0, 0.05) is 26.1 Å². The first-order valence-electron chi connectivity index (χ1n) is 9.10. The SMILES string of the molecule is Cc1ccc(S(=O)(=O)N2CC(n3cc(CN4CCCC4=O)nn3)C2)c(C)c1. The number of amides is 1. The molecule has 2 fully saturated rings. The van der Waals surface area contributed by atoms with Crippen molar-refractivity contribution >= 4 is 15.9 Å². The number of sulfonamides is 1. The Morgan fingerprint density at radius 3 is 2.67 bits per heavy atom. The smallest absolute Gasteiger partial charge is 0.243 e. The fourth-order valence-corrected chi connectivity index (χ4v) is 5.36. The van der Waals surface area contributed by atoms with Crippen molar-refractivity contribution in [3.63, 3.8) is 0 Å². The first kappa shape index (κ1) is 18.1. The fraction of sp³-hybridized carbons (Fsp3) is 0.500. The molecule has 4 rings (SSSR count). The molecule has 0 spiro atoms. The van der Waals surface area contributed by atoms with Crippen LogP contribution < -0.4 is 0 Å². The number of hydrogen-bond acceptors (Lipinski definition) is 5. The van der Waals surface area contributed by atoms with Crippen LogP contribution in [0.25, 0.3) is 0 Å². The van der Waals surface area contributed by atoms with Crippen molar-refractivity contribution in [3.8, 4) is 0 Å². The molecule has 2 aromatic rings. The van der Waals surface area contributed by atoms with Crippen molar-refractivity contribution in [1.29, 1.82) is 0 Å². The van der Waals surface area contributed by atoms with Crippen LogP contribution in [0.1, 0.15) is 35.7 Å². The van der Waals surface area contributed by atoms with E-state index in [1.54, 1.807) is 15.6 Å². The number of hydrogen-bond donors (Lipinski definition) is 0. The maximum absolute atomic E-state index is 12.8. The number of carbonyl (C=O) groups is 1. The molecule has 0 aliphatic carbocycles. The first-order chi connectivity index (χ1) is 12.8. The zero-order valence-corrected chi connectivity index (χ0v) is 16.3.